The van der Waals surface area contributed by atoms with E-state index >= 15 is 0 Å². The van der Waals surface area contributed by atoms with Crippen LogP contribution in [0.4, 0.5) is 0 Å². The number of ether oxygens (including phenoxy) is 1. The molecule has 0 bridgehead atoms. The molecular formula is C19H23ClN2O2S. The van der Waals surface area contributed by atoms with Gasteiger partial charge in [0.1, 0.15) is 0 Å². The van der Waals surface area contributed by atoms with E-state index in [1.807, 2.05) is 36.4 Å². The number of nitrogens with one attached hydrogen (secondary N) is 2. The van der Waals surface area contributed by atoms with Gasteiger partial charge in [-0.25, -0.2) is 0 Å². The maximum absolute atomic E-state index is 12.1. The molecule has 0 aliphatic carbocycles. The van der Waals surface area contributed by atoms with Crippen molar-refractivity contribution in [2.24, 2.45) is 0 Å². The summed E-state index contributed by atoms with van der Waals surface area (Å²) in [7, 11) is 0. The fourth-order valence-electron chi connectivity index (χ4n) is 2.59. The van der Waals surface area contributed by atoms with Crippen LogP contribution in [-0.4, -0.2) is 23.6 Å². The van der Waals surface area contributed by atoms with Crippen LogP contribution in [0.1, 0.15) is 16.7 Å². The molecule has 1 aliphatic rings. The molecule has 1 atom stereocenters. The second kappa shape index (κ2) is 10.5. The SMILES string of the molecule is Cl.O=C(NCc1ccccc1COCc1ccccc1)[C@H]1CSCN1. The van der Waals surface area contributed by atoms with Crippen molar-refractivity contribution in [3.8, 4) is 0 Å². The minimum Gasteiger partial charge on any atom is -0.372 e. The van der Waals surface area contributed by atoms with Crippen molar-refractivity contribution < 1.29 is 9.53 Å². The van der Waals surface area contributed by atoms with Crippen molar-refractivity contribution in [1.29, 1.82) is 0 Å². The molecule has 1 aliphatic heterocycles. The van der Waals surface area contributed by atoms with E-state index in [1.165, 1.54) is 0 Å². The lowest BCUT2D eigenvalue weighted by molar-refractivity contribution is -0.122. The highest BCUT2D eigenvalue weighted by Crippen LogP contribution is 2.13. The van der Waals surface area contributed by atoms with Crippen LogP contribution >= 0.6 is 24.2 Å². The molecule has 134 valence electrons. The Kier molecular flexibility index (Phi) is 8.28. The maximum atomic E-state index is 12.1. The Morgan fingerprint density at radius 3 is 2.52 bits per heavy atom. The topological polar surface area (TPSA) is 50.4 Å². The fourth-order valence-corrected chi connectivity index (χ4v) is 3.53. The van der Waals surface area contributed by atoms with Crippen molar-refractivity contribution in [3.05, 3.63) is 71.3 Å². The maximum Gasteiger partial charge on any atom is 0.238 e. The number of rotatable bonds is 7. The first-order chi connectivity index (χ1) is 11.8. The van der Waals surface area contributed by atoms with Gasteiger partial charge in [-0.3, -0.25) is 10.1 Å². The average Bonchev–Trinajstić information content (AvgIpc) is 3.16. The van der Waals surface area contributed by atoms with Crippen molar-refractivity contribution >= 4 is 30.1 Å². The lowest BCUT2D eigenvalue weighted by Crippen LogP contribution is -2.41. The predicted molar refractivity (Wildman–Crippen MR) is 105 cm³/mol. The van der Waals surface area contributed by atoms with Crippen LogP contribution in [0.25, 0.3) is 0 Å². The van der Waals surface area contributed by atoms with Crippen LogP contribution in [-0.2, 0) is 29.3 Å². The van der Waals surface area contributed by atoms with Crippen LogP contribution in [0.15, 0.2) is 54.6 Å². The number of hydrogen-bond donors (Lipinski definition) is 2. The second-order valence-electron chi connectivity index (χ2n) is 5.74. The zero-order valence-corrected chi connectivity index (χ0v) is 15.6. The van der Waals surface area contributed by atoms with Gasteiger partial charge >= 0.3 is 0 Å². The molecule has 3 rings (SSSR count). The largest absolute Gasteiger partial charge is 0.372 e. The Morgan fingerprint density at radius 2 is 1.80 bits per heavy atom. The van der Waals surface area contributed by atoms with Crippen molar-refractivity contribution in [2.75, 3.05) is 11.6 Å². The number of amides is 1. The fraction of sp³-hybridized carbons (Fsp3) is 0.316. The van der Waals surface area contributed by atoms with Crippen LogP contribution in [0, 0.1) is 0 Å². The summed E-state index contributed by atoms with van der Waals surface area (Å²) in [5.41, 5.74) is 3.38. The van der Waals surface area contributed by atoms with E-state index in [1.54, 1.807) is 11.8 Å². The van der Waals surface area contributed by atoms with Gasteiger partial charge in [-0.1, -0.05) is 54.6 Å². The molecule has 2 aromatic carbocycles. The first-order valence-corrected chi connectivity index (χ1v) is 9.25. The van der Waals surface area contributed by atoms with Gasteiger partial charge in [-0.15, -0.1) is 24.2 Å². The highest BCUT2D eigenvalue weighted by molar-refractivity contribution is 7.99. The Labute approximate surface area is 159 Å². The molecule has 2 aromatic rings. The summed E-state index contributed by atoms with van der Waals surface area (Å²) in [4.78, 5) is 12.1. The molecule has 0 radical (unpaired) electrons. The summed E-state index contributed by atoms with van der Waals surface area (Å²) in [5, 5.41) is 6.21. The van der Waals surface area contributed by atoms with Gasteiger partial charge in [-0.05, 0) is 16.7 Å². The van der Waals surface area contributed by atoms with Crippen LogP contribution < -0.4 is 10.6 Å². The first kappa shape index (κ1) is 19.8. The van der Waals surface area contributed by atoms with E-state index in [0.29, 0.717) is 19.8 Å². The number of carbonyl (C=O) groups is 1. The van der Waals surface area contributed by atoms with Gasteiger partial charge in [0, 0.05) is 18.2 Å². The zero-order chi connectivity index (χ0) is 16.6. The molecule has 1 amide bonds. The molecule has 25 heavy (non-hydrogen) atoms. The van der Waals surface area contributed by atoms with Gasteiger partial charge in [0.25, 0.3) is 0 Å². The lowest BCUT2D eigenvalue weighted by atomic mass is 10.1. The van der Waals surface area contributed by atoms with E-state index in [9.17, 15) is 4.79 Å². The summed E-state index contributed by atoms with van der Waals surface area (Å²) in [6.07, 6.45) is 0. The molecule has 1 heterocycles. The minimum atomic E-state index is -0.0727. The number of carbonyl (C=O) groups excluding carboxylic acids is 1. The third-order valence-electron chi connectivity index (χ3n) is 3.97. The quantitative estimate of drug-likeness (QED) is 0.777. The van der Waals surface area contributed by atoms with E-state index in [-0.39, 0.29) is 24.4 Å². The molecule has 0 saturated carbocycles. The van der Waals surface area contributed by atoms with E-state index in [0.717, 1.165) is 28.3 Å². The standard InChI is InChI=1S/C19H22N2O2S.ClH/c22-19(18-13-24-14-21-18)20-10-16-8-4-5-9-17(16)12-23-11-15-6-2-1-3-7-15;/h1-9,18,21H,10-14H2,(H,20,22);1H/t18-;/m1./s1. The zero-order valence-electron chi connectivity index (χ0n) is 13.9. The third kappa shape index (κ3) is 6.04. The summed E-state index contributed by atoms with van der Waals surface area (Å²) in [5.74, 6) is 1.76. The normalized spacial score (nSPS) is 16.2. The summed E-state index contributed by atoms with van der Waals surface area (Å²) in [6, 6.07) is 18.1. The molecule has 4 nitrogen and oxygen atoms in total. The number of thioether (sulfide) groups is 1. The Morgan fingerprint density at radius 1 is 1.08 bits per heavy atom. The number of benzene rings is 2. The molecule has 1 saturated heterocycles. The number of hydrogen-bond acceptors (Lipinski definition) is 4. The van der Waals surface area contributed by atoms with Crippen molar-refractivity contribution in [2.45, 2.75) is 25.8 Å². The van der Waals surface area contributed by atoms with Crippen LogP contribution in [0.5, 0.6) is 0 Å². The van der Waals surface area contributed by atoms with Gasteiger partial charge in [0.15, 0.2) is 0 Å². The lowest BCUT2D eigenvalue weighted by Gasteiger charge is -2.13. The molecule has 0 aromatic heterocycles. The van der Waals surface area contributed by atoms with E-state index in [4.69, 9.17) is 4.74 Å². The Hall–Kier alpha value is -1.53. The second-order valence-corrected chi connectivity index (χ2v) is 6.77. The molecule has 1 fully saturated rings. The molecule has 0 spiro atoms. The molecule has 2 N–H and O–H groups in total. The van der Waals surface area contributed by atoms with E-state index in [2.05, 4.69) is 28.8 Å². The van der Waals surface area contributed by atoms with Gasteiger partial charge in [0.05, 0.1) is 19.3 Å². The van der Waals surface area contributed by atoms with E-state index < -0.39 is 0 Å². The molecule has 0 unspecified atom stereocenters. The van der Waals surface area contributed by atoms with Crippen LogP contribution in [0.3, 0.4) is 0 Å². The number of halogens is 1. The van der Waals surface area contributed by atoms with Gasteiger partial charge < -0.3 is 10.1 Å². The summed E-state index contributed by atoms with van der Waals surface area (Å²) < 4.78 is 5.82. The summed E-state index contributed by atoms with van der Waals surface area (Å²) in [6.45, 7) is 1.66. The Bertz CT molecular complexity index is 663. The summed E-state index contributed by atoms with van der Waals surface area (Å²) >= 11 is 1.75. The van der Waals surface area contributed by atoms with Gasteiger partial charge in [-0.2, -0.15) is 0 Å². The average molecular weight is 379 g/mol. The Balaban J connectivity index is 0.00000225. The van der Waals surface area contributed by atoms with Gasteiger partial charge in [0.2, 0.25) is 5.91 Å². The highest BCUT2D eigenvalue weighted by atomic mass is 35.5. The highest BCUT2D eigenvalue weighted by Gasteiger charge is 2.22. The molecular weight excluding hydrogens is 356 g/mol. The third-order valence-corrected chi connectivity index (χ3v) is 4.91. The van der Waals surface area contributed by atoms with Crippen LogP contribution in [0.2, 0.25) is 0 Å². The predicted octanol–water partition coefficient (Wildman–Crippen LogP) is 3.10. The minimum absolute atomic E-state index is 0. The smallest absolute Gasteiger partial charge is 0.238 e. The van der Waals surface area contributed by atoms with Crippen molar-refractivity contribution in [3.63, 3.8) is 0 Å². The monoisotopic (exact) mass is 378 g/mol. The molecule has 6 heteroatoms. The first-order valence-electron chi connectivity index (χ1n) is 8.10. The van der Waals surface area contributed by atoms with Crippen molar-refractivity contribution in [1.82, 2.24) is 10.6 Å².